The van der Waals surface area contributed by atoms with Crippen LogP contribution in [0.1, 0.15) is 31.4 Å². The molecule has 0 aliphatic carbocycles. The maximum absolute atomic E-state index is 5.82. The highest BCUT2D eigenvalue weighted by Gasteiger charge is 2.03. The lowest BCUT2D eigenvalue weighted by Crippen LogP contribution is -1.98. The molecule has 2 aromatic carbocycles. The molecular weight excluding hydrogens is 274 g/mol. The van der Waals surface area contributed by atoms with Crippen molar-refractivity contribution in [1.29, 1.82) is 0 Å². The SMILES string of the molecule is CC(C)CCSCc1ccc(-c2ccccc2CN)cc1. The third-order valence-corrected chi connectivity index (χ3v) is 4.67. The second kappa shape index (κ2) is 8.26. The Bertz CT molecular complexity index is 546. The third-order valence-electron chi connectivity index (χ3n) is 3.61. The quantitative estimate of drug-likeness (QED) is 0.720. The zero-order valence-electron chi connectivity index (χ0n) is 13.0. The molecule has 1 nitrogen and oxygen atoms in total. The molecule has 0 saturated heterocycles. The van der Waals surface area contributed by atoms with Gasteiger partial charge in [0.15, 0.2) is 0 Å². The van der Waals surface area contributed by atoms with E-state index in [1.54, 1.807) is 0 Å². The fraction of sp³-hybridized carbons (Fsp3) is 0.368. The summed E-state index contributed by atoms with van der Waals surface area (Å²) >= 11 is 2.02. The van der Waals surface area contributed by atoms with Gasteiger partial charge in [-0.25, -0.2) is 0 Å². The molecule has 0 amide bonds. The van der Waals surface area contributed by atoms with Crippen LogP contribution in [0, 0.1) is 5.92 Å². The molecule has 0 aliphatic rings. The topological polar surface area (TPSA) is 26.0 Å². The molecule has 0 bridgehead atoms. The number of hydrogen-bond donors (Lipinski definition) is 1. The van der Waals surface area contributed by atoms with Crippen molar-refractivity contribution in [3.05, 3.63) is 59.7 Å². The second-order valence-corrected chi connectivity index (χ2v) is 6.90. The van der Waals surface area contributed by atoms with Crippen molar-refractivity contribution >= 4 is 11.8 Å². The molecule has 2 rings (SSSR count). The van der Waals surface area contributed by atoms with E-state index in [1.165, 1.54) is 34.4 Å². The van der Waals surface area contributed by atoms with E-state index in [4.69, 9.17) is 5.73 Å². The molecule has 0 radical (unpaired) electrons. The van der Waals surface area contributed by atoms with Crippen molar-refractivity contribution in [2.24, 2.45) is 11.7 Å². The molecule has 0 fully saturated rings. The lowest BCUT2D eigenvalue weighted by Gasteiger charge is -2.09. The Morgan fingerprint density at radius 3 is 2.38 bits per heavy atom. The van der Waals surface area contributed by atoms with E-state index in [0.717, 1.165) is 11.7 Å². The van der Waals surface area contributed by atoms with Crippen LogP contribution in [-0.4, -0.2) is 5.75 Å². The zero-order chi connectivity index (χ0) is 15.1. The minimum atomic E-state index is 0.586. The Labute approximate surface area is 133 Å². The summed E-state index contributed by atoms with van der Waals surface area (Å²) in [7, 11) is 0. The van der Waals surface area contributed by atoms with Crippen LogP contribution >= 0.6 is 11.8 Å². The highest BCUT2D eigenvalue weighted by Crippen LogP contribution is 2.25. The second-order valence-electron chi connectivity index (χ2n) is 5.79. The maximum atomic E-state index is 5.82. The Kier molecular flexibility index (Phi) is 6.34. The minimum Gasteiger partial charge on any atom is -0.326 e. The highest BCUT2D eigenvalue weighted by atomic mass is 32.2. The Morgan fingerprint density at radius 1 is 1.00 bits per heavy atom. The van der Waals surface area contributed by atoms with Gasteiger partial charge in [-0.05, 0) is 40.3 Å². The zero-order valence-corrected chi connectivity index (χ0v) is 13.8. The van der Waals surface area contributed by atoms with E-state index in [1.807, 2.05) is 17.8 Å². The number of benzene rings is 2. The van der Waals surface area contributed by atoms with Crippen LogP contribution in [0.3, 0.4) is 0 Å². The van der Waals surface area contributed by atoms with Crippen molar-refractivity contribution in [3.8, 4) is 11.1 Å². The molecule has 0 spiro atoms. The molecule has 0 unspecified atom stereocenters. The van der Waals surface area contributed by atoms with Gasteiger partial charge >= 0.3 is 0 Å². The van der Waals surface area contributed by atoms with Gasteiger partial charge in [0.1, 0.15) is 0 Å². The van der Waals surface area contributed by atoms with Crippen molar-refractivity contribution < 1.29 is 0 Å². The standard InChI is InChI=1S/C19H25NS/c1-15(2)11-12-21-14-16-7-9-17(10-8-16)19-6-4-3-5-18(19)13-20/h3-10,15H,11-14,20H2,1-2H3. The minimum absolute atomic E-state index is 0.586. The van der Waals surface area contributed by atoms with Crippen LogP contribution in [0.5, 0.6) is 0 Å². The molecule has 2 aromatic rings. The average molecular weight is 299 g/mol. The molecule has 2 heteroatoms. The van der Waals surface area contributed by atoms with Crippen LogP contribution in [0.4, 0.5) is 0 Å². The number of hydrogen-bond acceptors (Lipinski definition) is 2. The molecule has 0 saturated carbocycles. The summed E-state index contributed by atoms with van der Waals surface area (Å²) in [6.45, 7) is 5.15. The van der Waals surface area contributed by atoms with Gasteiger partial charge in [0.05, 0.1) is 0 Å². The van der Waals surface area contributed by atoms with Crippen molar-refractivity contribution in [3.63, 3.8) is 0 Å². The van der Waals surface area contributed by atoms with E-state index >= 15 is 0 Å². The molecule has 2 N–H and O–H groups in total. The van der Waals surface area contributed by atoms with E-state index in [9.17, 15) is 0 Å². The van der Waals surface area contributed by atoms with Gasteiger partial charge in [0.25, 0.3) is 0 Å². The Morgan fingerprint density at radius 2 is 1.71 bits per heavy atom. The van der Waals surface area contributed by atoms with Gasteiger partial charge in [-0.2, -0.15) is 11.8 Å². The first kappa shape index (κ1) is 16.1. The first-order valence-electron chi connectivity index (χ1n) is 7.65. The van der Waals surface area contributed by atoms with E-state index in [-0.39, 0.29) is 0 Å². The third kappa shape index (κ3) is 4.90. The Balaban J connectivity index is 1.98. The summed E-state index contributed by atoms with van der Waals surface area (Å²) in [6.07, 6.45) is 1.30. The monoisotopic (exact) mass is 299 g/mol. The number of rotatable bonds is 7. The van der Waals surface area contributed by atoms with E-state index in [0.29, 0.717) is 6.54 Å². The summed E-state index contributed by atoms with van der Waals surface area (Å²) in [5.74, 6) is 3.15. The van der Waals surface area contributed by atoms with Crippen LogP contribution < -0.4 is 5.73 Å². The molecule has 0 atom stereocenters. The molecule has 0 aromatic heterocycles. The largest absolute Gasteiger partial charge is 0.326 e. The normalized spacial score (nSPS) is 11.0. The van der Waals surface area contributed by atoms with Crippen molar-refractivity contribution in [1.82, 2.24) is 0 Å². The first-order valence-corrected chi connectivity index (χ1v) is 8.81. The van der Waals surface area contributed by atoms with Crippen LogP contribution in [0.2, 0.25) is 0 Å². The van der Waals surface area contributed by atoms with Gasteiger partial charge in [0, 0.05) is 12.3 Å². The predicted molar refractivity (Wildman–Crippen MR) is 95.4 cm³/mol. The van der Waals surface area contributed by atoms with E-state index < -0.39 is 0 Å². The number of nitrogens with two attached hydrogens (primary N) is 1. The molecule has 112 valence electrons. The summed E-state index contributed by atoms with van der Waals surface area (Å²) in [6, 6.07) is 17.3. The van der Waals surface area contributed by atoms with Gasteiger partial charge in [-0.3, -0.25) is 0 Å². The summed E-state index contributed by atoms with van der Waals surface area (Å²) in [5, 5.41) is 0. The van der Waals surface area contributed by atoms with Gasteiger partial charge < -0.3 is 5.73 Å². The molecule has 21 heavy (non-hydrogen) atoms. The van der Waals surface area contributed by atoms with Gasteiger partial charge in [0.2, 0.25) is 0 Å². The molecule has 0 heterocycles. The van der Waals surface area contributed by atoms with Crippen LogP contribution in [0.25, 0.3) is 11.1 Å². The fourth-order valence-electron chi connectivity index (χ4n) is 2.27. The van der Waals surface area contributed by atoms with Gasteiger partial charge in [-0.1, -0.05) is 62.4 Å². The highest BCUT2D eigenvalue weighted by molar-refractivity contribution is 7.98. The van der Waals surface area contributed by atoms with Crippen LogP contribution in [0.15, 0.2) is 48.5 Å². The Hall–Kier alpha value is -1.25. The molecular formula is C19H25NS. The van der Waals surface area contributed by atoms with E-state index in [2.05, 4.69) is 56.3 Å². The predicted octanol–water partition coefficient (Wildman–Crippen LogP) is 5.09. The smallest absolute Gasteiger partial charge is 0.0184 e. The summed E-state index contributed by atoms with van der Waals surface area (Å²) in [4.78, 5) is 0. The van der Waals surface area contributed by atoms with Crippen molar-refractivity contribution in [2.75, 3.05) is 5.75 Å². The fourth-order valence-corrected chi connectivity index (χ4v) is 3.48. The van der Waals surface area contributed by atoms with Gasteiger partial charge in [-0.15, -0.1) is 0 Å². The lowest BCUT2D eigenvalue weighted by molar-refractivity contribution is 0.632. The lowest BCUT2D eigenvalue weighted by atomic mass is 9.99. The average Bonchev–Trinajstić information content (AvgIpc) is 2.52. The summed E-state index contributed by atoms with van der Waals surface area (Å²) in [5.41, 5.74) is 10.9. The number of thioether (sulfide) groups is 1. The maximum Gasteiger partial charge on any atom is 0.0184 e. The van der Waals surface area contributed by atoms with Crippen LogP contribution in [-0.2, 0) is 12.3 Å². The molecule has 0 aliphatic heterocycles. The summed E-state index contributed by atoms with van der Waals surface area (Å²) < 4.78 is 0. The first-order chi connectivity index (χ1) is 10.2. The van der Waals surface area contributed by atoms with Crippen molar-refractivity contribution in [2.45, 2.75) is 32.6 Å².